The fourth-order valence-electron chi connectivity index (χ4n) is 1.36. The largest absolute Gasteiger partial charge is 0.368 e. The molecule has 0 saturated carbocycles. The van der Waals surface area contributed by atoms with Gasteiger partial charge in [0.2, 0.25) is 5.95 Å². The number of halogens is 2. The van der Waals surface area contributed by atoms with Crippen LogP contribution in [0, 0.1) is 12.7 Å². The molecule has 1 aromatic heterocycles. The fourth-order valence-corrected chi connectivity index (χ4v) is 1.59. The van der Waals surface area contributed by atoms with E-state index in [0.29, 0.717) is 10.7 Å². The molecule has 1 heterocycles. The van der Waals surface area contributed by atoms with Gasteiger partial charge in [-0.3, -0.25) is 0 Å². The molecule has 6 heteroatoms. The summed E-state index contributed by atoms with van der Waals surface area (Å²) in [6, 6.07) is 5.22. The molecule has 1 aromatic carbocycles. The van der Waals surface area contributed by atoms with Gasteiger partial charge in [0, 0.05) is 10.7 Å². The normalized spacial score (nSPS) is 10.3. The molecular weight excluding hydrogens is 243 g/mol. The summed E-state index contributed by atoms with van der Waals surface area (Å²) < 4.78 is 13.4. The Morgan fingerprint density at radius 3 is 2.88 bits per heavy atom. The molecule has 0 bridgehead atoms. The lowest BCUT2D eigenvalue weighted by molar-refractivity contribution is 0.620. The second kappa shape index (κ2) is 4.55. The zero-order chi connectivity index (χ0) is 12.4. The van der Waals surface area contributed by atoms with Gasteiger partial charge in [-0.2, -0.15) is 4.98 Å². The number of nitrogens with two attached hydrogens (primary N) is 1. The van der Waals surface area contributed by atoms with Crippen molar-refractivity contribution in [1.29, 1.82) is 0 Å². The Hall–Kier alpha value is -1.88. The molecule has 0 aliphatic rings. The van der Waals surface area contributed by atoms with Crippen LogP contribution >= 0.6 is 11.6 Å². The quantitative estimate of drug-likeness (QED) is 0.863. The maximum absolute atomic E-state index is 13.4. The number of nitrogens with zero attached hydrogens (tertiary/aromatic N) is 2. The summed E-state index contributed by atoms with van der Waals surface area (Å²) in [7, 11) is 0. The molecule has 2 rings (SSSR count). The van der Waals surface area contributed by atoms with Crippen molar-refractivity contribution < 1.29 is 4.39 Å². The Kier molecular flexibility index (Phi) is 3.10. The van der Waals surface area contributed by atoms with Gasteiger partial charge in [-0.05, 0) is 30.7 Å². The van der Waals surface area contributed by atoms with Crippen LogP contribution in [0.1, 0.15) is 5.56 Å². The van der Waals surface area contributed by atoms with Crippen LogP contribution in [0.25, 0.3) is 0 Å². The van der Waals surface area contributed by atoms with E-state index in [2.05, 4.69) is 15.3 Å². The summed E-state index contributed by atoms with van der Waals surface area (Å²) in [5.41, 5.74) is 6.99. The predicted octanol–water partition coefficient (Wildman–Crippen LogP) is 2.90. The molecule has 0 amide bonds. The summed E-state index contributed by atoms with van der Waals surface area (Å²) in [6.07, 6.45) is 1.02. The third kappa shape index (κ3) is 2.62. The van der Waals surface area contributed by atoms with Gasteiger partial charge in [-0.25, -0.2) is 9.37 Å². The number of nitrogen functional groups attached to an aromatic ring is 1. The Morgan fingerprint density at radius 1 is 1.41 bits per heavy atom. The summed E-state index contributed by atoms with van der Waals surface area (Å²) in [4.78, 5) is 7.33. The average molecular weight is 253 g/mol. The van der Waals surface area contributed by atoms with Crippen molar-refractivity contribution in [3.05, 3.63) is 40.8 Å². The van der Waals surface area contributed by atoms with E-state index >= 15 is 0 Å². The van der Waals surface area contributed by atoms with Crippen LogP contribution in [0.5, 0.6) is 0 Å². The Balaban J connectivity index is 2.34. The first kappa shape index (κ1) is 11.6. The molecule has 17 heavy (non-hydrogen) atoms. The monoisotopic (exact) mass is 252 g/mol. The van der Waals surface area contributed by atoms with Crippen molar-refractivity contribution >= 4 is 29.1 Å². The van der Waals surface area contributed by atoms with Crippen molar-refractivity contribution in [2.75, 3.05) is 11.1 Å². The number of aromatic nitrogens is 2. The van der Waals surface area contributed by atoms with Gasteiger partial charge >= 0.3 is 0 Å². The minimum atomic E-state index is -0.562. The molecule has 0 radical (unpaired) electrons. The summed E-state index contributed by atoms with van der Waals surface area (Å²) in [5.74, 6) is -0.503. The van der Waals surface area contributed by atoms with Crippen LogP contribution in [0.4, 0.5) is 21.8 Å². The fraction of sp³-hybridized carbons (Fsp3) is 0.0909. The molecule has 0 saturated heterocycles. The maximum atomic E-state index is 13.4. The third-order valence-electron chi connectivity index (χ3n) is 2.20. The van der Waals surface area contributed by atoms with E-state index in [0.717, 1.165) is 11.8 Å². The van der Waals surface area contributed by atoms with E-state index in [1.54, 1.807) is 18.2 Å². The van der Waals surface area contributed by atoms with E-state index in [9.17, 15) is 4.39 Å². The highest BCUT2D eigenvalue weighted by Crippen LogP contribution is 2.23. The second-order valence-corrected chi connectivity index (χ2v) is 3.95. The Morgan fingerprint density at radius 2 is 2.18 bits per heavy atom. The van der Waals surface area contributed by atoms with Crippen molar-refractivity contribution in [3.63, 3.8) is 0 Å². The highest BCUT2D eigenvalue weighted by atomic mass is 35.5. The van der Waals surface area contributed by atoms with Crippen LogP contribution in [0.2, 0.25) is 5.02 Å². The molecule has 0 aliphatic heterocycles. The van der Waals surface area contributed by atoms with Crippen molar-refractivity contribution in [1.82, 2.24) is 9.97 Å². The smallest absolute Gasteiger partial charge is 0.222 e. The summed E-state index contributed by atoms with van der Waals surface area (Å²) >= 11 is 5.83. The number of aryl methyl sites for hydroxylation is 1. The first-order chi connectivity index (χ1) is 8.06. The number of hydrogen-bond donors (Lipinski definition) is 2. The lowest BCUT2D eigenvalue weighted by Crippen LogP contribution is -2.03. The first-order valence-corrected chi connectivity index (χ1v) is 5.25. The van der Waals surface area contributed by atoms with E-state index in [-0.39, 0.29) is 11.8 Å². The number of hydrogen-bond acceptors (Lipinski definition) is 4. The molecule has 88 valence electrons. The van der Waals surface area contributed by atoms with Gasteiger partial charge in [0.15, 0.2) is 11.6 Å². The molecule has 0 atom stereocenters. The Bertz CT molecular complexity index is 559. The van der Waals surface area contributed by atoms with Gasteiger partial charge in [0.25, 0.3) is 0 Å². The summed E-state index contributed by atoms with van der Waals surface area (Å²) in [6.45, 7) is 1.86. The molecular formula is C11H10ClFN4. The minimum absolute atomic E-state index is 0.0144. The zero-order valence-corrected chi connectivity index (χ0v) is 9.79. The van der Waals surface area contributed by atoms with E-state index in [4.69, 9.17) is 17.3 Å². The highest BCUT2D eigenvalue weighted by Gasteiger charge is 2.07. The van der Waals surface area contributed by atoms with Crippen LogP contribution in [-0.4, -0.2) is 9.97 Å². The molecule has 0 fully saturated rings. The van der Waals surface area contributed by atoms with Gasteiger partial charge in [-0.15, -0.1) is 0 Å². The zero-order valence-electron chi connectivity index (χ0n) is 9.04. The van der Waals surface area contributed by atoms with Crippen molar-refractivity contribution in [2.45, 2.75) is 6.92 Å². The van der Waals surface area contributed by atoms with Crippen LogP contribution in [-0.2, 0) is 0 Å². The molecule has 4 nitrogen and oxygen atoms in total. The predicted molar refractivity (Wildman–Crippen MR) is 65.9 cm³/mol. The van der Waals surface area contributed by atoms with Gasteiger partial charge in [-0.1, -0.05) is 11.6 Å². The first-order valence-electron chi connectivity index (χ1n) is 4.87. The van der Waals surface area contributed by atoms with Crippen LogP contribution in [0.15, 0.2) is 24.4 Å². The molecule has 2 aromatic rings. The van der Waals surface area contributed by atoms with E-state index in [1.807, 2.05) is 6.92 Å². The van der Waals surface area contributed by atoms with E-state index < -0.39 is 5.82 Å². The third-order valence-corrected chi connectivity index (χ3v) is 2.44. The number of nitrogens with one attached hydrogen (secondary N) is 1. The van der Waals surface area contributed by atoms with Crippen LogP contribution in [0.3, 0.4) is 0 Å². The highest BCUT2D eigenvalue weighted by molar-refractivity contribution is 6.30. The Labute approximate surface area is 103 Å². The van der Waals surface area contributed by atoms with Crippen LogP contribution < -0.4 is 11.1 Å². The molecule has 0 spiro atoms. The topological polar surface area (TPSA) is 63.8 Å². The molecule has 0 unspecified atom stereocenters. The second-order valence-electron chi connectivity index (χ2n) is 3.51. The maximum Gasteiger partial charge on any atom is 0.222 e. The standard InChI is InChI=1S/C11H10ClFN4/c1-6-4-7(12)2-3-9(6)16-10-8(13)5-15-11(14)17-10/h2-5H,1H3,(H3,14,15,16,17). The van der Waals surface area contributed by atoms with Gasteiger partial charge in [0.1, 0.15) is 0 Å². The van der Waals surface area contributed by atoms with Crippen molar-refractivity contribution in [3.8, 4) is 0 Å². The molecule has 3 N–H and O–H groups in total. The minimum Gasteiger partial charge on any atom is -0.368 e. The lowest BCUT2D eigenvalue weighted by atomic mass is 10.2. The SMILES string of the molecule is Cc1cc(Cl)ccc1Nc1nc(N)ncc1F. The average Bonchev–Trinajstić information content (AvgIpc) is 2.27. The summed E-state index contributed by atoms with van der Waals surface area (Å²) in [5, 5.41) is 3.46. The number of anilines is 3. The number of rotatable bonds is 2. The van der Waals surface area contributed by atoms with Gasteiger partial charge < -0.3 is 11.1 Å². The van der Waals surface area contributed by atoms with Crippen molar-refractivity contribution in [2.24, 2.45) is 0 Å². The van der Waals surface area contributed by atoms with Gasteiger partial charge in [0.05, 0.1) is 6.20 Å². The molecule has 0 aliphatic carbocycles. The lowest BCUT2D eigenvalue weighted by Gasteiger charge is -2.09. The van der Waals surface area contributed by atoms with E-state index in [1.165, 1.54) is 0 Å². The number of benzene rings is 1.